The minimum absolute atomic E-state index is 0.0125. The summed E-state index contributed by atoms with van der Waals surface area (Å²) >= 11 is 0. The van der Waals surface area contributed by atoms with Crippen LogP contribution >= 0.6 is 0 Å². The van der Waals surface area contributed by atoms with E-state index >= 15 is 0 Å². The minimum atomic E-state index is -4.63. The van der Waals surface area contributed by atoms with E-state index in [9.17, 15) is 47.4 Å². The molecule has 0 radical (unpaired) electrons. The molecule has 94 heavy (non-hydrogen) atoms. The average Bonchev–Trinajstić information content (AvgIpc) is 1.51. The van der Waals surface area contributed by atoms with E-state index in [2.05, 4.69) is 38.4 Å². The van der Waals surface area contributed by atoms with E-state index < -0.39 is 91.7 Å². The van der Waals surface area contributed by atoms with Gasteiger partial charge >= 0.3 is 24.2 Å². The van der Waals surface area contributed by atoms with Gasteiger partial charge in [-0.1, -0.05) is 176 Å². The van der Waals surface area contributed by atoms with Crippen molar-refractivity contribution >= 4 is 52.0 Å². The van der Waals surface area contributed by atoms with E-state index in [-0.39, 0.29) is 42.2 Å². The zero-order valence-corrected chi connectivity index (χ0v) is 53.2. The van der Waals surface area contributed by atoms with E-state index in [1.807, 2.05) is 111 Å². The Balaban J connectivity index is 0.000000399. The van der Waals surface area contributed by atoms with Crippen molar-refractivity contribution in [2.75, 3.05) is 32.8 Å². The molecule has 0 aliphatic carbocycles. The van der Waals surface area contributed by atoms with E-state index in [1.165, 1.54) is 49.5 Å². The number of esters is 1. The van der Waals surface area contributed by atoms with Gasteiger partial charge in [-0.2, -0.15) is 0 Å². The summed E-state index contributed by atoms with van der Waals surface area (Å²) in [6, 6.07) is 58.1. The van der Waals surface area contributed by atoms with E-state index in [0.717, 1.165) is 38.3 Å². The zero-order chi connectivity index (χ0) is 67.2. The number of nitrogens with zero attached hydrogens (tertiary/aromatic N) is 2. The minimum Gasteiger partial charge on any atom is -0.504 e. The number of nitrogens with two attached hydrogens (primary N) is 1. The monoisotopic (exact) mass is 1290 g/mol. The Morgan fingerprint density at radius 3 is 1.62 bits per heavy atom. The summed E-state index contributed by atoms with van der Waals surface area (Å²) in [5.74, 6) is -3.25. The van der Waals surface area contributed by atoms with Gasteiger partial charge in [-0.3, -0.25) is 14.6 Å². The predicted molar refractivity (Wildman–Crippen MR) is 353 cm³/mol. The van der Waals surface area contributed by atoms with E-state index in [1.54, 1.807) is 74.5 Å². The molecule has 2 aliphatic heterocycles. The molecule has 0 spiro atoms. The summed E-state index contributed by atoms with van der Waals surface area (Å²) in [7, 11) is -4.63. The van der Waals surface area contributed by atoms with Crippen molar-refractivity contribution in [2.24, 2.45) is 5.73 Å². The van der Waals surface area contributed by atoms with E-state index in [0.29, 0.717) is 29.8 Å². The largest absolute Gasteiger partial charge is 0.504 e. The van der Waals surface area contributed by atoms with Crippen LogP contribution in [0.5, 0.6) is 11.5 Å². The number of ether oxygens (including phenoxy) is 4. The van der Waals surface area contributed by atoms with Crippen LogP contribution in [0, 0.1) is 0 Å². The number of aromatic nitrogens is 1. The number of β-lactam (4-membered cyclic amide) rings is 1. The zero-order valence-electron chi connectivity index (χ0n) is 52.4. The number of hydrogen-bond donors (Lipinski definition) is 7. The lowest BCUT2D eigenvalue weighted by Crippen LogP contribution is -2.60. The van der Waals surface area contributed by atoms with Crippen LogP contribution in [0.25, 0.3) is 28.3 Å². The topological polar surface area (TPSA) is 304 Å². The molecule has 2 fully saturated rings. The number of sulfone groups is 1. The lowest BCUT2D eigenvalue weighted by atomic mass is 9.93. The molecule has 0 saturated carbocycles. The molecule has 10 rings (SSSR count). The number of fused-ring (bicyclic) bond motifs is 1. The fourth-order valence-electron chi connectivity index (χ4n) is 10.7. The Morgan fingerprint density at radius 1 is 0.617 bits per heavy atom. The molecule has 5 amide bonds. The van der Waals surface area contributed by atoms with Gasteiger partial charge in [0.2, 0.25) is 0 Å². The number of alkyl carbamates (subject to hydrolysis) is 3. The van der Waals surface area contributed by atoms with Gasteiger partial charge in [0.25, 0.3) is 11.8 Å². The molecule has 3 atom stereocenters. The molecule has 2 saturated heterocycles. The number of pyridine rings is 1. The highest BCUT2D eigenvalue weighted by Crippen LogP contribution is 2.50. The van der Waals surface area contributed by atoms with Crippen molar-refractivity contribution in [1.29, 1.82) is 0 Å². The van der Waals surface area contributed by atoms with Crippen molar-refractivity contribution in [3.63, 3.8) is 0 Å². The number of rotatable bonds is 21. The number of amides is 5. The number of phenols is 2. The second-order valence-electron chi connectivity index (χ2n) is 23.4. The van der Waals surface area contributed by atoms with Gasteiger partial charge in [0.15, 0.2) is 38.9 Å². The summed E-state index contributed by atoms with van der Waals surface area (Å²) in [6.07, 6.45) is -0.720. The lowest BCUT2D eigenvalue weighted by Gasteiger charge is -2.39. The van der Waals surface area contributed by atoms with Crippen LogP contribution in [0.15, 0.2) is 212 Å². The highest BCUT2D eigenvalue weighted by Gasteiger charge is 2.73. The van der Waals surface area contributed by atoms with Crippen LogP contribution in [0.4, 0.5) is 14.4 Å². The Morgan fingerprint density at radius 2 is 1.11 bits per heavy atom. The van der Waals surface area contributed by atoms with Crippen LogP contribution < -0.4 is 27.0 Å². The predicted octanol–water partition coefficient (Wildman–Crippen LogP) is 10.2. The molecule has 0 unspecified atom stereocenters. The van der Waals surface area contributed by atoms with Crippen molar-refractivity contribution in [2.45, 2.75) is 74.6 Å². The maximum atomic E-state index is 14.8. The molecule has 21 nitrogen and oxygen atoms in total. The fraction of sp³-hybridized carbons (Fsp3) is 0.236. The fourth-order valence-corrected chi connectivity index (χ4v) is 13.0. The third kappa shape index (κ3) is 15.9. The molecule has 1 aromatic heterocycles. The summed E-state index contributed by atoms with van der Waals surface area (Å²) in [6.45, 7) is 8.23. The summed E-state index contributed by atoms with van der Waals surface area (Å²) in [5.41, 5.74) is 11.2. The maximum absolute atomic E-state index is 14.8. The van der Waals surface area contributed by atoms with Crippen molar-refractivity contribution in [3.05, 3.63) is 251 Å². The normalized spacial score (nSPS) is 16.6. The number of benzene rings is 7. The van der Waals surface area contributed by atoms with Crippen LogP contribution in [-0.4, -0.2) is 114 Å². The van der Waals surface area contributed by atoms with Gasteiger partial charge < -0.3 is 61.1 Å². The molecular weight excluding hydrogens is 1220 g/mol. The molecule has 3 heterocycles. The Bertz CT molecular complexity index is 4100. The molecule has 2 aliphatic rings. The van der Waals surface area contributed by atoms with Gasteiger partial charge in [-0.15, -0.1) is 0 Å². The number of carbonyl (C=O) groups excluding carboxylic acids is 6. The SMILES string of the molecule is CC(C)(OC(=O)NCCN)c1ccc(-c2ccccc2)cc1.CC(C)(OC(=O)NCCNC(=O)c1ccnc(/C=C2/C(=O)N3[C@@H](C(=O)OC(c4ccccc4)c4ccccc4)[C@](C)(COC(=O)NCc4ccc(O)c(O)c4)S(=O)(=O)[C@H]23)c1)c1ccc(-c2ccccc2)cc1. The first-order valence-electron chi connectivity index (χ1n) is 30.2. The highest BCUT2D eigenvalue weighted by atomic mass is 32.2. The number of aromatic hydroxyl groups is 2. The Kier molecular flexibility index (Phi) is 21.3. The van der Waals surface area contributed by atoms with Gasteiger partial charge in [0.1, 0.15) is 22.6 Å². The van der Waals surface area contributed by atoms with Crippen molar-refractivity contribution < 1.29 is 66.3 Å². The van der Waals surface area contributed by atoms with Crippen LogP contribution in [0.1, 0.15) is 84.6 Å². The van der Waals surface area contributed by atoms with Crippen molar-refractivity contribution in [3.8, 4) is 33.8 Å². The standard InChI is InChI=1S/C54H51N5O12S.C18H22N2O2/c1-53(2,40-22-20-36(21-23-40)35-13-7-4-8-14-35)71-52(66)57-28-27-56-47(62)39-25-26-55-41(30-39)31-42-48(63)59-46(50(64)70-45(37-15-9-5-10-16-37)38-17-11-6-12-18-38)54(3,72(67,68)49(42)59)33-69-51(65)58-32-34-19-24-43(60)44(61)29-34;1-18(2,22-17(21)20-13-12-19)16-10-8-15(9-11-16)14-6-4-3-5-7-14/h4-26,29-31,45-46,49,60-61H,27-28,32-33H2,1-3H3,(H,56,62)(H,57,66)(H,58,65);3-11H,12-13,19H2,1-2H3,(H,20,21)/b42-31-;/t46-,49+,54-;/m0./s1. The number of phenolic OH excluding ortho intramolecular Hbond substituents is 2. The Hall–Kier alpha value is -10.8. The lowest BCUT2D eigenvalue weighted by molar-refractivity contribution is -0.161. The molecule has 486 valence electrons. The smallest absolute Gasteiger partial charge is 0.408 e. The van der Waals surface area contributed by atoms with Crippen LogP contribution in [0.2, 0.25) is 0 Å². The third-order valence-corrected chi connectivity index (χ3v) is 18.6. The number of carbonyl (C=O) groups is 6. The number of hydrogen-bond acceptors (Lipinski definition) is 16. The van der Waals surface area contributed by atoms with Crippen LogP contribution in [-0.2, 0) is 56.1 Å². The van der Waals surface area contributed by atoms with Gasteiger partial charge in [0.05, 0.1) is 11.3 Å². The first-order valence-corrected chi connectivity index (χ1v) is 31.7. The summed E-state index contributed by atoms with van der Waals surface area (Å²) < 4.78 is 50.1. The molecule has 8 aromatic rings. The van der Waals surface area contributed by atoms with Gasteiger partial charge in [0, 0.05) is 44.5 Å². The van der Waals surface area contributed by atoms with Gasteiger partial charge in [-0.05, 0) is 115 Å². The maximum Gasteiger partial charge on any atom is 0.408 e. The number of nitrogens with one attached hydrogen (secondary N) is 4. The third-order valence-electron chi connectivity index (χ3n) is 15.9. The molecule has 7 aromatic carbocycles. The molecule has 22 heteroatoms. The first kappa shape index (κ1) is 67.6. The average molecular weight is 1290 g/mol. The van der Waals surface area contributed by atoms with Crippen LogP contribution in [0.3, 0.4) is 0 Å². The molecule has 0 bridgehead atoms. The summed E-state index contributed by atoms with van der Waals surface area (Å²) in [4.78, 5) is 84.7. The molecule has 8 N–H and O–H groups in total. The van der Waals surface area contributed by atoms with Crippen molar-refractivity contribution in [1.82, 2.24) is 31.2 Å². The summed E-state index contributed by atoms with van der Waals surface area (Å²) in [5, 5.41) is 28.2. The first-order chi connectivity index (χ1) is 45.0. The van der Waals surface area contributed by atoms with Gasteiger partial charge in [-0.25, -0.2) is 27.6 Å². The second-order valence-corrected chi connectivity index (χ2v) is 25.8. The van der Waals surface area contributed by atoms with E-state index in [4.69, 9.17) is 24.7 Å². The highest BCUT2D eigenvalue weighted by molar-refractivity contribution is 7.94. The molecular formula is C72H73N7O14S. The Labute approximate surface area is 544 Å². The second kappa shape index (κ2) is 29.6. The quantitative estimate of drug-likeness (QED) is 0.00878.